The van der Waals surface area contributed by atoms with Crippen LogP contribution in [0.15, 0.2) is 47.2 Å². The molecule has 0 saturated carbocycles. The fourth-order valence-electron chi connectivity index (χ4n) is 2.01. The SMILES string of the molecule is O=C(O)c1ccc2c(Br)nc(-c3ccccc3F)n2c1. The summed E-state index contributed by atoms with van der Waals surface area (Å²) in [5.41, 5.74) is 1.10. The van der Waals surface area contributed by atoms with Crippen LogP contribution in [0.5, 0.6) is 0 Å². The smallest absolute Gasteiger partial charge is 0.337 e. The summed E-state index contributed by atoms with van der Waals surface area (Å²) in [6.45, 7) is 0. The number of nitrogens with zero attached hydrogens (tertiary/aromatic N) is 2. The Kier molecular flexibility index (Phi) is 3.02. The van der Waals surface area contributed by atoms with Crippen molar-refractivity contribution >= 4 is 27.4 Å². The van der Waals surface area contributed by atoms with Crippen LogP contribution in [0.4, 0.5) is 4.39 Å². The Bertz CT molecular complexity index is 829. The van der Waals surface area contributed by atoms with Gasteiger partial charge in [0, 0.05) is 6.20 Å². The number of fused-ring (bicyclic) bond motifs is 1. The summed E-state index contributed by atoms with van der Waals surface area (Å²) in [5, 5.41) is 9.05. The Balaban J connectivity index is 2.33. The summed E-state index contributed by atoms with van der Waals surface area (Å²) in [7, 11) is 0. The highest BCUT2D eigenvalue weighted by atomic mass is 79.9. The van der Waals surface area contributed by atoms with Crippen molar-refractivity contribution in [2.24, 2.45) is 0 Å². The van der Waals surface area contributed by atoms with Crippen molar-refractivity contribution in [3.8, 4) is 11.4 Å². The van der Waals surface area contributed by atoms with Crippen molar-refractivity contribution in [2.45, 2.75) is 0 Å². The molecule has 0 atom stereocenters. The maximum absolute atomic E-state index is 13.9. The van der Waals surface area contributed by atoms with E-state index in [9.17, 15) is 9.18 Å². The van der Waals surface area contributed by atoms with Gasteiger partial charge in [0.15, 0.2) is 0 Å². The number of benzene rings is 1. The van der Waals surface area contributed by atoms with E-state index in [1.165, 1.54) is 18.3 Å². The molecule has 3 rings (SSSR count). The molecule has 0 saturated heterocycles. The standard InChI is InChI=1S/C14H8BrFN2O2/c15-12-11-6-5-8(14(19)20)7-18(11)13(17-12)9-3-1-2-4-10(9)16/h1-7H,(H,19,20). The lowest BCUT2D eigenvalue weighted by Gasteiger charge is -2.03. The monoisotopic (exact) mass is 334 g/mol. The summed E-state index contributed by atoms with van der Waals surface area (Å²) >= 11 is 3.30. The van der Waals surface area contributed by atoms with Gasteiger partial charge in [0.25, 0.3) is 0 Å². The Morgan fingerprint density at radius 3 is 2.70 bits per heavy atom. The first-order chi connectivity index (χ1) is 9.58. The lowest BCUT2D eigenvalue weighted by Crippen LogP contribution is -2.00. The van der Waals surface area contributed by atoms with E-state index in [1.807, 2.05) is 0 Å². The number of rotatable bonds is 2. The van der Waals surface area contributed by atoms with Crippen LogP contribution in [0.2, 0.25) is 0 Å². The number of halogens is 2. The quantitative estimate of drug-likeness (QED) is 0.779. The Morgan fingerprint density at radius 1 is 1.25 bits per heavy atom. The van der Waals surface area contributed by atoms with E-state index in [2.05, 4.69) is 20.9 Å². The Hall–Kier alpha value is -2.21. The number of carboxylic acid groups (broad SMARTS) is 1. The summed E-state index contributed by atoms with van der Waals surface area (Å²) in [6, 6.07) is 9.34. The van der Waals surface area contributed by atoms with E-state index >= 15 is 0 Å². The molecular formula is C14H8BrFN2O2. The highest BCUT2D eigenvalue weighted by molar-refractivity contribution is 9.10. The van der Waals surface area contributed by atoms with Crippen molar-refractivity contribution in [3.05, 3.63) is 58.6 Å². The molecule has 0 radical (unpaired) electrons. The molecule has 0 fully saturated rings. The summed E-state index contributed by atoms with van der Waals surface area (Å²) in [4.78, 5) is 15.3. The molecule has 1 N–H and O–H groups in total. The third-order valence-electron chi connectivity index (χ3n) is 2.95. The Labute approximate surface area is 121 Å². The highest BCUT2D eigenvalue weighted by Crippen LogP contribution is 2.28. The minimum Gasteiger partial charge on any atom is -0.478 e. The van der Waals surface area contributed by atoms with Crippen molar-refractivity contribution in [1.82, 2.24) is 9.38 Å². The van der Waals surface area contributed by atoms with Crippen molar-refractivity contribution < 1.29 is 14.3 Å². The van der Waals surface area contributed by atoms with Crippen molar-refractivity contribution in [2.75, 3.05) is 0 Å². The van der Waals surface area contributed by atoms with Gasteiger partial charge in [0.2, 0.25) is 0 Å². The average molecular weight is 335 g/mol. The average Bonchev–Trinajstić information content (AvgIpc) is 2.76. The van der Waals surface area contributed by atoms with Gasteiger partial charge in [-0.25, -0.2) is 14.2 Å². The fourth-order valence-corrected chi connectivity index (χ4v) is 2.50. The second-order valence-corrected chi connectivity index (χ2v) is 4.94. The molecule has 0 aliphatic rings. The number of hydrogen-bond acceptors (Lipinski definition) is 2. The second-order valence-electron chi connectivity index (χ2n) is 4.18. The van der Waals surface area contributed by atoms with E-state index in [0.717, 1.165) is 0 Å². The van der Waals surface area contributed by atoms with Gasteiger partial charge in [-0.05, 0) is 40.2 Å². The predicted octanol–water partition coefficient (Wildman–Crippen LogP) is 3.60. The maximum atomic E-state index is 13.9. The van der Waals surface area contributed by atoms with E-state index in [1.54, 1.807) is 28.7 Å². The third kappa shape index (κ3) is 1.98. The first kappa shape index (κ1) is 12.8. The number of pyridine rings is 1. The molecule has 0 amide bonds. The van der Waals surface area contributed by atoms with Gasteiger partial charge in [-0.3, -0.25) is 4.40 Å². The largest absolute Gasteiger partial charge is 0.478 e. The van der Waals surface area contributed by atoms with Crippen molar-refractivity contribution in [3.63, 3.8) is 0 Å². The van der Waals surface area contributed by atoms with Gasteiger partial charge in [-0.2, -0.15) is 0 Å². The number of carboxylic acids is 1. The van der Waals surface area contributed by atoms with Gasteiger partial charge in [0.05, 0.1) is 16.6 Å². The zero-order chi connectivity index (χ0) is 14.3. The highest BCUT2D eigenvalue weighted by Gasteiger charge is 2.15. The van der Waals surface area contributed by atoms with Crippen LogP contribution in [0.3, 0.4) is 0 Å². The summed E-state index contributed by atoms with van der Waals surface area (Å²) in [5.74, 6) is -1.10. The molecule has 0 aliphatic carbocycles. The minimum atomic E-state index is -1.05. The van der Waals surface area contributed by atoms with Crippen LogP contribution in [0, 0.1) is 5.82 Å². The zero-order valence-corrected chi connectivity index (χ0v) is 11.6. The first-order valence-corrected chi connectivity index (χ1v) is 6.53. The topological polar surface area (TPSA) is 54.6 Å². The molecule has 0 spiro atoms. The van der Waals surface area contributed by atoms with Gasteiger partial charge < -0.3 is 5.11 Å². The van der Waals surface area contributed by atoms with Crippen LogP contribution in [0.25, 0.3) is 16.9 Å². The molecule has 0 aliphatic heterocycles. The maximum Gasteiger partial charge on any atom is 0.337 e. The normalized spacial score (nSPS) is 10.9. The minimum absolute atomic E-state index is 0.111. The van der Waals surface area contributed by atoms with Crippen molar-refractivity contribution in [1.29, 1.82) is 0 Å². The van der Waals surface area contributed by atoms with Gasteiger partial charge in [-0.15, -0.1) is 0 Å². The molecule has 2 heterocycles. The summed E-state index contributed by atoms with van der Waals surface area (Å²) in [6.07, 6.45) is 1.43. The van der Waals surface area contributed by atoms with E-state index in [0.29, 0.717) is 21.5 Å². The van der Waals surface area contributed by atoms with E-state index < -0.39 is 11.8 Å². The van der Waals surface area contributed by atoms with Gasteiger partial charge >= 0.3 is 5.97 Å². The van der Waals surface area contributed by atoms with Crippen LogP contribution in [0.1, 0.15) is 10.4 Å². The van der Waals surface area contributed by atoms with Gasteiger partial charge in [0.1, 0.15) is 16.2 Å². The van der Waals surface area contributed by atoms with Crippen LogP contribution in [-0.4, -0.2) is 20.5 Å². The number of aromatic carboxylic acids is 1. The molecule has 1 aromatic carbocycles. The molecule has 0 unspecified atom stereocenters. The number of hydrogen-bond donors (Lipinski definition) is 1. The predicted molar refractivity (Wildman–Crippen MR) is 75.2 cm³/mol. The number of carbonyl (C=O) groups is 1. The molecule has 4 nitrogen and oxygen atoms in total. The lowest BCUT2D eigenvalue weighted by molar-refractivity contribution is 0.0696. The van der Waals surface area contributed by atoms with E-state index in [4.69, 9.17) is 5.11 Å². The third-order valence-corrected chi connectivity index (χ3v) is 3.54. The van der Waals surface area contributed by atoms with Gasteiger partial charge in [-0.1, -0.05) is 12.1 Å². The first-order valence-electron chi connectivity index (χ1n) is 5.74. The Morgan fingerprint density at radius 2 is 2.00 bits per heavy atom. The number of imidazole rings is 1. The molecule has 100 valence electrons. The molecule has 20 heavy (non-hydrogen) atoms. The molecule has 2 aromatic heterocycles. The molecular weight excluding hydrogens is 327 g/mol. The lowest BCUT2D eigenvalue weighted by atomic mass is 10.2. The van der Waals surface area contributed by atoms with Crippen LogP contribution >= 0.6 is 15.9 Å². The molecule has 0 bridgehead atoms. The second kappa shape index (κ2) is 4.72. The zero-order valence-electron chi connectivity index (χ0n) is 10.0. The molecule has 6 heteroatoms. The van der Waals surface area contributed by atoms with Crippen LogP contribution < -0.4 is 0 Å². The van der Waals surface area contributed by atoms with E-state index in [-0.39, 0.29) is 5.56 Å². The van der Waals surface area contributed by atoms with Crippen LogP contribution in [-0.2, 0) is 0 Å². The molecule has 3 aromatic rings. The summed E-state index contributed by atoms with van der Waals surface area (Å²) < 4.78 is 16.0. The fraction of sp³-hybridized carbons (Fsp3) is 0. The number of aromatic nitrogens is 2.